The molecule has 9 nitrogen and oxygen atoms in total. The van der Waals surface area contributed by atoms with E-state index in [9.17, 15) is 14.4 Å². The minimum atomic E-state index is -1.10. The van der Waals surface area contributed by atoms with E-state index in [0.717, 1.165) is 0 Å². The highest BCUT2D eigenvalue weighted by Gasteiger charge is 2.34. The standard InChI is InChI=1S/C16H21N3O6/c1-16(2,3)25-15(22)19-10(14(21)23-4)7-11-13(20)18-9-5-6-17-8-12(9)24-11/h5-6,8,10-11H,7H2,1-4H3,(H,18,20)(H,19,22)/t10-,11-/m0/s1. The first kappa shape index (κ1) is 18.5. The molecule has 9 heteroatoms. The monoisotopic (exact) mass is 351 g/mol. The molecule has 2 rings (SSSR count). The van der Waals surface area contributed by atoms with E-state index in [2.05, 4.69) is 20.4 Å². The van der Waals surface area contributed by atoms with Gasteiger partial charge in [0.2, 0.25) is 0 Å². The second-order valence-corrected chi connectivity index (χ2v) is 6.43. The number of carbonyl (C=O) groups excluding carboxylic acids is 3. The van der Waals surface area contributed by atoms with Gasteiger partial charge in [0.05, 0.1) is 19.0 Å². The Balaban J connectivity index is 2.08. The highest BCUT2D eigenvalue weighted by Crippen LogP contribution is 2.29. The van der Waals surface area contributed by atoms with Crippen molar-refractivity contribution >= 4 is 23.7 Å². The lowest BCUT2D eigenvalue weighted by Crippen LogP contribution is -2.49. The third kappa shape index (κ3) is 5.07. The van der Waals surface area contributed by atoms with Gasteiger partial charge in [-0.1, -0.05) is 0 Å². The summed E-state index contributed by atoms with van der Waals surface area (Å²) in [4.78, 5) is 39.9. The minimum Gasteiger partial charge on any atom is -0.477 e. The summed E-state index contributed by atoms with van der Waals surface area (Å²) in [6, 6.07) is 0.494. The van der Waals surface area contributed by atoms with E-state index in [1.807, 2.05) is 0 Å². The van der Waals surface area contributed by atoms with Crippen LogP contribution < -0.4 is 15.4 Å². The number of pyridine rings is 1. The number of esters is 1. The van der Waals surface area contributed by atoms with E-state index in [0.29, 0.717) is 11.4 Å². The van der Waals surface area contributed by atoms with Crippen LogP contribution in [0.5, 0.6) is 5.75 Å². The molecule has 2 heterocycles. The lowest BCUT2D eigenvalue weighted by Gasteiger charge is -2.28. The molecule has 0 saturated heterocycles. The quantitative estimate of drug-likeness (QED) is 0.784. The van der Waals surface area contributed by atoms with E-state index in [-0.39, 0.29) is 6.42 Å². The molecule has 2 amide bonds. The molecule has 0 bridgehead atoms. The van der Waals surface area contributed by atoms with Crippen molar-refractivity contribution in [3.05, 3.63) is 18.5 Å². The largest absolute Gasteiger partial charge is 0.477 e. The Hall–Kier alpha value is -2.84. The molecule has 0 radical (unpaired) electrons. The van der Waals surface area contributed by atoms with Crippen molar-refractivity contribution in [3.63, 3.8) is 0 Å². The molecular formula is C16H21N3O6. The molecule has 2 atom stereocenters. The van der Waals surface area contributed by atoms with Gasteiger partial charge in [-0.15, -0.1) is 0 Å². The van der Waals surface area contributed by atoms with Crippen LogP contribution in [-0.2, 0) is 19.1 Å². The van der Waals surface area contributed by atoms with Gasteiger partial charge in [-0.05, 0) is 26.8 Å². The normalized spacial score (nSPS) is 17.4. The second kappa shape index (κ2) is 7.37. The molecule has 0 fully saturated rings. The summed E-state index contributed by atoms with van der Waals surface area (Å²) in [5.41, 5.74) is -0.236. The summed E-state index contributed by atoms with van der Waals surface area (Å²) in [7, 11) is 1.19. The number of nitrogens with one attached hydrogen (secondary N) is 2. The summed E-state index contributed by atoms with van der Waals surface area (Å²) in [5, 5.41) is 5.07. The fourth-order valence-electron chi connectivity index (χ4n) is 2.17. The number of fused-ring (bicyclic) bond motifs is 1. The lowest BCUT2D eigenvalue weighted by molar-refractivity contribution is -0.144. The number of nitrogens with zero attached hydrogens (tertiary/aromatic N) is 1. The van der Waals surface area contributed by atoms with Crippen LogP contribution in [0.1, 0.15) is 27.2 Å². The highest BCUT2D eigenvalue weighted by molar-refractivity contribution is 5.98. The number of rotatable bonds is 4. The van der Waals surface area contributed by atoms with Crippen molar-refractivity contribution in [1.82, 2.24) is 10.3 Å². The van der Waals surface area contributed by atoms with Crippen LogP contribution in [0.3, 0.4) is 0 Å². The predicted molar refractivity (Wildman–Crippen MR) is 87.1 cm³/mol. The molecule has 1 aromatic rings. The maximum atomic E-state index is 12.2. The van der Waals surface area contributed by atoms with Crippen LogP contribution in [0, 0.1) is 0 Å². The fraction of sp³-hybridized carbons (Fsp3) is 0.500. The highest BCUT2D eigenvalue weighted by atomic mass is 16.6. The van der Waals surface area contributed by atoms with Crippen molar-refractivity contribution in [2.45, 2.75) is 44.9 Å². The first-order chi connectivity index (χ1) is 11.7. The van der Waals surface area contributed by atoms with Gasteiger partial charge in [-0.2, -0.15) is 0 Å². The molecule has 25 heavy (non-hydrogen) atoms. The Bertz CT molecular complexity index is 670. The molecule has 0 aromatic carbocycles. The van der Waals surface area contributed by atoms with E-state index in [1.165, 1.54) is 19.5 Å². The first-order valence-electron chi connectivity index (χ1n) is 7.68. The van der Waals surface area contributed by atoms with Crippen molar-refractivity contribution in [3.8, 4) is 5.75 Å². The molecular weight excluding hydrogens is 330 g/mol. The lowest BCUT2D eigenvalue weighted by atomic mass is 10.1. The van der Waals surface area contributed by atoms with Gasteiger partial charge >= 0.3 is 12.1 Å². The Morgan fingerprint density at radius 2 is 2.16 bits per heavy atom. The van der Waals surface area contributed by atoms with Gasteiger partial charge in [-0.3, -0.25) is 9.78 Å². The van der Waals surface area contributed by atoms with Crippen molar-refractivity contribution in [1.29, 1.82) is 0 Å². The number of hydrogen-bond donors (Lipinski definition) is 2. The first-order valence-corrected chi connectivity index (χ1v) is 7.68. The van der Waals surface area contributed by atoms with Gasteiger partial charge in [0.25, 0.3) is 5.91 Å². The maximum Gasteiger partial charge on any atom is 0.408 e. The number of anilines is 1. The number of hydrogen-bond acceptors (Lipinski definition) is 7. The van der Waals surface area contributed by atoms with Gasteiger partial charge in [0.1, 0.15) is 11.6 Å². The van der Waals surface area contributed by atoms with Crippen molar-refractivity contribution < 1.29 is 28.6 Å². The van der Waals surface area contributed by atoms with Crippen LogP contribution in [-0.4, -0.2) is 47.8 Å². The smallest absolute Gasteiger partial charge is 0.408 e. The summed E-state index contributed by atoms with van der Waals surface area (Å²) in [5.74, 6) is -0.759. The van der Waals surface area contributed by atoms with Crippen LogP contribution in [0.15, 0.2) is 18.5 Å². The molecule has 0 unspecified atom stereocenters. The zero-order valence-electron chi connectivity index (χ0n) is 14.5. The van der Waals surface area contributed by atoms with E-state index in [4.69, 9.17) is 9.47 Å². The zero-order valence-corrected chi connectivity index (χ0v) is 14.5. The van der Waals surface area contributed by atoms with Gasteiger partial charge in [0, 0.05) is 12.6 Å². The molecule has 0 aliphatic carbocycles. The number of ether oxygens (including phenoxy) is 3. The Kier molecular flexibility index (Phi) is 5.45. The SMILES string of the molecule is COC(=O)[C@H](C[C@@H]1Oc2cnccc2NC1=O)NC(=O)OC(C)(C)C. The average Bonchev–Trinajstić information content (AvgIpc) is 2.52. The van der Waals surface area contributed by atoms with Gasteiger partial charge in [-0.25, -0.2) is 9.59 Å². The van der Waals surface area contributed by atoms with E-state index < -0.39 is 35.7 Å². The average molecular weight is 351 g/mol. The fourth-order valence-corrected chi connectivity index (χ4v) is 2.17. The van der Waals surface area contributed by atoms with E-state index in [1.54, 1.807) is 26.8 Å². The molecule has 2 N–H and O–H groups in total. The summed E-state index contributed by atoms with van der Waals surface area (Å²) >= 11 is 0. The Morgan fingerprint density at radius 3 is 2.80 bits per heavy atom. The molecule has 1 aromatic heterocycles. The topological polar surface area (TPSA) is 116 Å². The Morgan fingerprint density at radius 1 is 1.44 bits per heavy atom. The number of alkyl carbamates (subject to hydrolysis) is 1. The molecule has 1 aliphatic rings. The van der Waals surface area contributed by atoms with Gasteiger partial charge in [0.15, 0.2) is 11.9 Å². The molecule has 136 valence electrons. The summed E-state index contributed by atoms with van der Waals surface area (Å²) in [6.07, 6.45) is 1.07. The molecule has 0 spiro atoms. The van der Waals surface area contributed by atoms with Crippen LogP contribution >= 0.6 is 0 Å². The zero-order chi connectivity index (χ0) is 18.6. The second-order valence-electron chi connectivity index (χ2n) is 6.43. The summed E-state index contributed by atoms with van der Waals surface area (Å²) in [6.45, 7) is 5.09. The van der Waals surface area contributed by atoms with Crippen LogP contribution in [0.25, 0.3) is 0 Å². The van der Waals surface area contributed by atoms with Gasteiger partial charge < -0.3 is 24.8 Å². The minimum absolute atomic E-state index is 0.119. The Labute approximate surface area is 145 Å². The number of amides is 2. The molecule has 0 saturated carbocycles. The van der Waals surface area contributed by atoms with Crippen molar-refractivity contribution in [2.24, 2.45) is 0 Å². The third-order valence-electron chi connectivity index (χ3n) is 3.23. The maximum absolute atomic E-state index is 12.2. The van der Waals surface area contributed by atoms with Crippen LogP contribution in [0.4, 0.5) is 10.5 Å². The number of carbonyl (C=O) groups is 3. The summed E-state index contributed by atoms with van der Waals surface area (Å²) < 4.78 is 15.4. The number of aromatic nitrogens is 1. The predicted octanol–water partition coefficient (Wildman–Crippen LogP) is 1.24. The third-order valence-corrected chi connectivity index (χ3v) is 3.23. The van der Waals surface area contributed by atoms with E-state index >= 15 is 0 Å². The number of methoxy groups -OCH3 is 1. The van der Waals surface area contributed by atoms with Crippen molar-refractivity contribution in [2.75, 3.05) is 12.4 Å². The molecule has 1 aliphatic heterocycles. The van der Waals surface area contributed by atoms with Crippen LogP contribution in [0.2, 0.25) is 0 Å².